The molecule has 144 valence electrons. The fourth-order valence-corrected chi connectivity index (χ4v) is 5.01. The van der Waals surface area contributed by atoms with E-state index in [1.165, 1.54) is 44.1 Å². The van der Waals surface area contributed by atoms with Crippen molar-refractivity contribution < 1.29 is 9.53 Å². The molecule has 0 heterocycles. The summed E-state index contributed by atoms with van der Waals surface area (Å²) in [5.41, 5.74) is 7.42. The molecule has 0 radical (unpaired) electrons. The Kier molecular flexibility index (Phi) is 6.74. The molecule has 3 heteroatoms. The van der Waals surface area contributed by atoms with Crippen LogP contribution in [0.3, 0.4) is 0 Å². The maximum atomic E-state index is 12.5. The third-order valence-electron chi connectivity index (χ3n) is 6.90. The van der Waals surface area contributed by atoms with E-state index in [4.69, 9.17) is 10.5 Å². The first-order chi connectivity index (χ1) is 12.6. The van der Waals surface area contributed by atoms with E-state index in [0.717, 1.165) is 37.0 Å². The van der Waals surface area contributed by atoms with E-state index in [0.29, 0.717) is 11.8 Å². The summed E-state index contributed by atoms with van der Waals surface area (Å²) in [6, 6.07) is 8.14. The number of hydrogen-bond acceptors (Lipinski definition) is 3. The van der Waals surface area contributed by atoms with E-state index >= 15 is 0 Å². The molecule has 1 unspecified atom stereocenters. The van der Waals surface area contributed by atoms with E-state index in [1.54, 1.807) is 0 Å². The maximum absolute atomic E-state index is 12.5. The van der Waals surface area contributed by atoms with E-state index in [9.17, 15) is 4.79 Å². The van der Waals surface area contributed by atoms with Crippen molar-refractivity contribution in [3.63, 3.8) is 0 Å². The van der Waals surface area contributed by atoms with Crippen molar-refractivity contribution in [2.24, 2.45) is 29.4 Å². The van der Waals surface area contributed by atoms with E-state index in [2.05, 4.69) is 6.92 Å². The molecule has 3 rings (SSSR count). The highest BCUT2D eigenvalue weighted by Crippen LogP contribution is 2.42. The van der Waals surface area contributed by atoms with Gasteiger partial charge in [0.05, 0.1) is 5.92 Å². The van der Waals surface area contributed by atoms with Crippen LogP contribution in [0.4, 0.5) is 0 Å². The first-order valence-electron chi connectivity index (χ1n) is 10.6. The van der Waals surface area contributed by atoms with Gasteiger partial charge in [0, 0.05) is 6.04 Å². The van der Waals surface area contributed by atoms with Crippen LogP contribution < -0.4 is 10.5 Å². The Labute approximate surface area is 158 Å². The highest BCUT2D eigenvalue weighted by Gasteiger charge is 2.34. The van der Waals surface area contributed by atoms with Gasteiger partial charge in [-0.15, -0.1) is 0 Å². The van der Waals surface area contributed by atoms with Gasteiger partial charge in [0.2, 0.25) is 0 Å². The number of esters is 1. The van der Waals surface area contributed by atoms with Crippen LogP contribution in [0.5, 0.6) is 5.75 Å². The largest absolute Gasteiger partial charge is 0.426 e. The number of benzene rings is 1. The monoisotopic (exact) mass is 357 g/mol. The molecule has 2 saturated carbocycles. The van der Waals surface area contributed by atoms with Crippen LogP contribution in [0, 0.1) is 30.6 Å². The summed E-state index contributed by atoms with van der Waals surface area (Å²) in [6.45, 7) is 4.24. The third kappa shape index (κ3) is 4.88. The first kappa shape index (κ1) is 19.4. The molecule has 1 atom stereocenters. The Morgan fingerprint density at radius 1 is 1.00 bits per heavy atom. The average molecular weight is 358 g/mol. The minimum atomic E-state index is -0.0371. The first-order valence-corrected chi connectivity index (χ1v) is 10.6. The summed E-state index contributed by atoms with van der Waals surface area (Å²) in [7, 11) is 0. The number of carbonyl (C=O) groups excluding carboxylic acids is 1. The maximum Gasteiger partial charge on any atom is 0.314 e. The molecule has 3 nitrogen and oxygen atoms in total. The molecule has 0 saturated heterocycles. The van der Waals surface area contributed by atoms with Crippen LogP contribution in [0.15, 0.2) is 24.3 Å². The highest BCUT2D eigenvalue weighted by atomic mass is 16.5. The summed E-state index contributed by atoms with van der Waals surface area (Å²) >= 11 is 0. The lowest BCUT2D eigenvalue weighted by atomic mass is 9.68. The van der Waals surface area contributed by atoms with Gasteiger partial charge in [0.1, 0.15) is 5.75 Å². The lowest BCUT2D eigenvalue weighted by Crippen LogP contribution is -2.35. The van der Waals surface area contributed by atoms with Crippen LogP contribution in [-0.2, 0) is 4.79 Å². The lowest BCUT2D eigenvalue weighted by molar-refractivity contribution is -0.140. The molecule has 2 fully saturated rings. The Morgan fingerprint density at radius 3 is 2.08 bits per heavy atom. The van der Waals surface area contributed by atoms with Crippen LogP contribution in [-0.4, -0.2) is 12.0 Å². The predicted molar refractivity (Wildman–Crippen MR) is 106 cm³/mol. The summed E-state index contributed by atoms with van der Waals surface area (Å²) in [5, 5.41) is 0. The lowest BCUT2D eigenvalue weighted by Gasteiger charge is -2.38. The van der Waals surface area contributed by atoms with Gasteiger partial charge in [-0.25, -0.2) is 0 Å². The van der Waals surface area contributed by atoms with Gasteiger partial charge in [0.15, 0.2) is 0 Å². The topological polar surface area (TPSA) is 52.3 Å². The van der Waals surface area contributed by atoms with Gasteiger partial charge in [-0.3, -0.25) is 4.79 Å². The number of hydrogen-bond donors (Lipinski definition) is 1. The zero-order valence-corrected chi connectivity index (χ0v) is 16.5. The summed E-state index contributed by atoms with van der Waals surface area (Å²) in [4.78, 5) is 12.5. The minimum Gasteiger partial charge on any atom is -0.426 e. The Bertz CT molecular complexity index is 566. The second-order valence-electron chi connectivity index (χ2n) is 8.59. The van der Waals surface area contributed by atoms with Gasteiger partial charge in [-0.2, -0.15) is 0 Å². The van der Waals surface area contributed by atoms with E-state index in [-0.39, 0.29) is 11.9 Å². The smallest absolute Gasteiger partial charge is 0.314 e. The fraction of sp³-hybridized carbons (Fsp3) is 0.696. The molecule has 1 aromatic carbocycles. The second kappa shape index (κ2) is 9.03. The van der Waals surface area contributed by atoms with Crippen molar-refractivity contribution in [2.75, 3.05) is 0 Å². The van der Waals surface area contributed by atoms with Crippen LogP contribution in [0.25, 0.3) is 0 Å². The Morgan fingerprint density at radius 2 is 1.54 bits per heavy atom. The molecule has 26 heavy (non-hydrogen) atoms. The summed E-state index contributed by atoms with van der Waals surface area (Å²) < 4.78 is 5.59. The normalized spacial score (nSPS) is 30.6. The molecule has 0 spiro atoms. The molecule has 1 aromatic rings. The van der Waals surface area contributed by atoms with Crippen molar-refractivity contribution in [1.82, 2.24) is 0 Å². The van der Waals surface area contributed by atoms with Crippen LogP contribution >= 0.6 is 0 Å². The van der Waals surface area contributed by atoms with Crippen LogP contribution in [0.1, 0.15) is 70.3 Å². The molecule has 0 bridgehead atoms. The van der Waals surface area contributed by atoms with E-state index in [1.807, 2.05) is 31.2 Å². The molecule has 0 aromatic heterocycles. The number of nitrogens with two attached hydrogens (primary N) is 1. The van der Waals surface area contributed by atoms with Gasteiger partial charge < -0.3 is 10.5 Å². The third-order valence-corrected chi connectivity index (χ3v) is 6.90. The zero-order valence-electron chi connectivity index (χ0n) is 16.5. The van der Waals surface area contributed by atoms with E-state index < -0.39 is 0 Å². The molecular weight excluding hydrogens is 322 g/mol. The predicted octanol–water partition coefficient (Wildman–Crippen LogP) is 5.25. The average Bonchev–Trinajstić information content (AvgIpc) is 2.69. The number of rotatable bonds is 5. The van der Waals surface area contributed by atoms with Gasteiger partial charge in [-0.05, 0) is 94.6 Å². The quantitative estimate of drug-likeness (QED) is 0.578. The van der Waals surface area contributed by atoms with Crippen molar-refractivity contribution in [2.45, 2.75) is 77.7 Å². The summed E-state index contributed by atoms with van der Waals surface area (Å²) in [6.07, 6.45) is 10.7. The van der Waals surface area contributed by atoms with Gasteiger partial charge in [-0.1, -0.05) is 24.6 Å². The van der Waals surface area contributed by atoms with Crippen molar-refractivity contribution in [3.8, 4) is 5.75 Å². The number of ether oxygens (including phenoxy) is 1. The minimum absolute atomic E-state index is 0.0371. The molecular formula is C23H35NO2. The standard InChI is InChI=1S/C23H35NO2/c1-3-22(24)19-10-6-17(7-11-19)18-8-12-20(13-9-18)23(25)26-21-14-4-16(2)5-15-21/h4-5,14-15,17-20,22H,3,6-13,24H2,1-2H3. The van der Waals surface area contributed by atoms with Crippen molar-refractivity contribution in [3.05, 3.63) is 29.8 Å². The molecule has 0 aliphatic heterocycles. The fourth-order valence-electron chi connectivity index (χ4n) is 5.01. The molecule has 0 amide bonds. The van der Waals surface area contributed by atoms with Crippen LogP contribution in [0.2, 0.25) is 0 Å². The molecule has 2 aliphatic rings. The van der Waals surface area contributed by atoms with Gasteiger partial charge >= 0.3 is 5.97 Å². The molecule has 2 N–H and O–H groups in total. The Balaban J connectivity index is 1.43. The second-order valence-corrected chi connectivity index (χ2v) is 8.59. The highest BCUT2D eigenvalue weighted by molar-refractivity contribution is 5.75. The SMILES string of the molecule is CCC(N)C1CCC(C2CCC(C(=O)Oc3ccc(C)cc3)CC2)CC1. The van der Waals surface area contributed by atoms with Crippen molar-refractivity contribution in [1.29, 1.82) is 0 Å². The summed E-state index contributed by atoms with van der Waals surface area (Å²) in [5.74, 6) is 3.11. The zero-order chi connectivity index (χ0) is 18.5. The number of aryl methyl sites for hydroxylation is 1. The Hall–Kier alpha value is -1.35. The number of carbonyl (C=O) groups is 1. The molecule has 2 aliphatic carbocycles. The van der Waals surface area contributed by atoms with Crippen molar-refractivity contribution >= 4 is 5.97 Å². The van der Waals surface area contributed by atoms with Gasteiger partial charge in [0.25, 0.3) is 0 Å².